The zero-order chi connectivity index (χ0) is 42.2. The second-order valence-corrected chi connectivity index (χ2v) is 12.0. The predicted molar refractivity (Wildman–Crippen MR) is 207 cm³/mol. The number of unbranched alkanes of at least 4 members (excludes halogenated alkanes) is 3. The SMILES string of the molecule is O=C(CCCOCCOCCOC(=O)NCCOCCOCCCCCCCl)OC/C=C/COC(=O)NCCOCCOCCOC(=O)Oc1ccc([N+](=O)[O-])cc1. The molecule has 20 nitrogen and oxygen atoms in total. The van der Waals surface area contributed by atoms with E-state index >= 15 is 0 Å². The van der Waals surface area contributed by atoms with E-state index < -0.39 is 23.3 Å². The van der Waals surface area contributed by atoms with Gasteiger partial charge < -0.3 is 62.7 Å². The molecule has 58 heavy (non-hydrogen) atoms. The maximum atomic E-state index is 11.8. The number of ether oxygens (including phenoxy) is 11. The third-order valence-electron chi connectivity index (χ3n) is 6.96. The molecular formula is C37H58ClN3O17. The molecule has 2 amide bonds. The number of nitrogens with zero attached hydrogens (tertiary/aromatic N) is 1. The van der Waals surface area contributed by atoms with Crippen LogP contribution in [-0.2, 0) is 52.2 Å². The van der Waals surface area contributed by atoms with Gasteiger partial charge in [-0.2, -0.15) is 0 Å². The van der Waals surface area contributed by atoms with Gasteiger partial charge in [-0.3, -0.25) is 14.9 Å². The van der Waals surface area contributed by atoms with Crippen molar-refractivity contribution in [3.05, 3.63) is 46.5 Å². The van der Waals surface area contributed by atoms with Gasteiger partial charge in [0.2, 0.25) is 0 Å². The summed E-state index contributed by atoms with van der Waals surface area (Å²) in [4.78, 5) is 56.9. The number of esters is 1. The van der Waals surface area contributed by atoms with E-state index in [0.717, 1.165) is 25.7 Å². The molecule has 0 heterocycles. The second kappa shape index (κ2) is 38.2. The number of non-ortho nitro benzene ring substituents is 1. The number of nitro benzene ring substituents is 1. The van der Waals surface area contributed by atoms with E-state index in [4.69, 9.17) is 63.7 Å². The van der Waals surface area contributed by atoms with E-state index in [0.29, 0.717) is 65.1 Å². The van der Waals surface area contributed by atoms with Gasteiger partial charge in [0.15, 0.2) is 0 Å². The molecule has 1 aromatic carbocycles. The number of alkyl halides is 1. The molecule has 0 aromatic heterocycles. The highest BCUT2D eigenvalue weighted by molar-refractivity contribution is 6.17. The molecule has 0 aliphatic carbocycles. The molecule has 0 atom stereocenters. The van der Waals surface area contributed by atoms with E-state index in [1.54, 1.807) is 12.2 Å². The third kappa shape index (κ3) is 33.8. The summed E-state index contributed by atoms with van der Waals surface area (Å²) in [5, 5.41) is 15.7. The number of carbonyl (C=O) groups excluding carboxylic acids is 4. The quantitative estimate of drug-likeness (QED) is 0.0138. The second-order valence-electron chi connectivity index (χ2n) is 11.6. The van der Waals surface area contributed by atoms with Crippen LogP contribution in [-0.4, -0.2) is 154 Å². The molecule has 1 rings (SSSR count). The molecule has 330 valence electrons. The Labute approximate surface area is 343 Å². The largest absolute Gasteiger partial charge is 0.513 e. The van der Waals surface area contributed by atoms with Crippen LogP contribution in [0.2, 0.25) is 0 Å². The van der Waals surface area contributed by atoms with Crippen LogP contribution in [0.5, 0.6) is 5.75 Å². The molecule has 0 aliphatic rings. The number of amides is 2. The summed E-state index contributed by atoms with van der Waals surface area (Å²) < 4.78 is 57.1. The Balaban J connectivity index is 1.80. The summed E-state index contributed by atoms with van der Waals surface area (Å²) in [5.74, 6) is 0.417. The standard InChI is InChI=1S/C37H58ClN3O17/c38-13-3-1-2-4-16-48-22-24-50-21-15-40-36(44)56-30-28-52-26-23-49-17-7-8-34(42)54-18-5-6-19-55-35(43)39-14-20-51-25-27-53-29-31-57-37(45)58-33-11-9-32(10-12-33)41(46)47/h5-6,9-12H,1-4,7-8,13-31H2,(H,39,43)(H,40,44)/b6-5+. The van der Waals surface area contributed by atoms with Crippen LogP contribution in [0.25, 0.3) is 0 Å². The first kappa shape index (κ1) is 51.7. The van der Waals surface area contributed by atoms with Gasteiger partial charge in [0.1, 0.15) is 32.2 Å². The molecule has 0 bridgehead atoms. The van der Waals surface area contributed by atoms with Gasteiger partial charge in [-0.15, -0.1) is 11.6 Å². The Hall–Kier alpha value is -4.31. The molecule has 0 fully saturated rings. The smallest absolute Gasteiger partial charge is 0.461 e. The Kier molecular flexibility index (Phi) is 34.1. The van der Waals surface area contributed by atoms with Crippen LogP contribution in [0.1, 0.15) is 38.5 Å². The number of rotatable bonds is 37. The minimum atomic E-state index is -0.972. The van der Waals surface area contributed by atoms with Gasteiger partial charge in [-0.25, -0.2) is 14.4 Å². The first-order chi connectivity index (χ1) is 28.3. The summed E-state index contributed by atoms with van der Waals surface area (Å²) in [6.45, 7) is 4.60. The number of benzene rings is 1. The molecule has 2 N–H and O–H groups in total. The molecule has 0 aliphatic heterocycles. The summed E-state index contributed by atoms with van der Waals surface area (Å²) >= 11 is 5.64. The highest BCUT2D eigenvalue weighted by atomic mass is 35.5. The Morgan fingerprint density at radius 3 is 1.64 bits per heavy atom. The number of alkyl carbamates (subject to hydrolysis) is 2. The summed E-state index contributed by atoms with van der Waals surface area (Å²) in [6.07, 6.45) is 5.87. The van der Waals surface area contributed by atoms with Crippen LogP contribution in [0.4, 0.5) is 20.1 Å². The van der Waals surface area contributed by atoms with Gasteiger partial charge in [-0.05, 0) is 43.5 Å². The Morgan fingerprint density at radius 2 is 1.05 bits per heavy atom. The van der Waals surface area contributed by atoms with Crippen molar-refractivity contribution in [2.75, 3.05) is 125 Å². The lowest BCUT2D eigenvalue weighted by molar-refractivity contribution is -0.384. The van der Waals surface area contributed by atoms with E-state index in [2.05, 4.69) is 10.6 Å². The summed E-state index contributed by atoms with van der Waals surface area (Å²) in [5.41, 5.74) is -0.132. The molecule has 0 spiro atoms. The number of nitro groups is 1. The third-order valence-corrected chi connectivity index (χ3v) is 7.23. The summed E-state index contributed by atoms with van der Waals surface area (Å²) in [7, 11) is 0. The first-order valence-corrected chi connectivity index (χ1v) is 19.6. The van der Waals surface area contributed by atoms with Crippen molar-refractivity contribution < 1.29 is 76.2 Å². The van der Waals surface area contributed by atoms with E-state index in [1.165, 1.54) is 24.3 Å². The lowest BCUT2D eigenvalue weighted by atomic mass is 10.2. The van der Waals surface area contributed by atoms with Crippen molar-refractivity contribution in [1.82, 2.24) is 10.6 Å². The normalized spacial score (nSPS) is 10.9. The van der Waals surface area contributed by atoms with Crippen molar-refractivity contribution in [1.29, 1.82) is 0 Å². The number of carbonyl (C=O) groups is 4. The fraction of sp³-hybridized carbons (Fsp3) is 0.676. The van der Waals surface area contributed by atoms with Gasteiger partial charge in [-0.1, -0.05) is 12.8 Å². The molecule has 0 saturated carbocycles. The van der Waals surface area contributed by atoms with E-state index in [9.17, 15) is 29.3 Å². The van der Waals surface area contributed by atoms with Gasteiger partial charge in [0.05, 0.1) is 71.0 Å². The molecule has 0 saturated heterocycles. The molecule has 21 heteroatoms. The van der Waals surface area contributed by atoms with Crippen molar-refractivity contribution in [3.63, 3.8) is 0 Å². The maximum absolute atomic E-state index is 11.8. The van der Waals surface area contributed by atoms with Crippen LogP contribution in [0.15, 0.2) is 36.4 Å². The average Bonchev–Trinajstić information content (AvgIpc) is 3.21. The van der Waals surface area contributed by atoms with Crippen molar-refractivity contribution in [2.24, 2.45) is 0 Å². The van der Waals surface area contributed by atoms with Gasteiger partial charge in [0.25, 0.3) is 5.69 Å². The van der Waals surface area contributed by atoms with Gasteiger partial charge in [0, 0.05) is 50.7 Å². The molecule has 1 aromatic rings. The molecule has 0 radical (unpaired) electrons. The van der Waals surface area contributed by atoms with Gasteiger partial charge >= 0.3 is 24.3 Å². The molecular weight excluding hydrogens is 794 g/mol. The zero-order valence-electron chi connectivity index (χ0n) is 32.9. The van der Waals surface area contributed by atoms with E-state index in [-0.39, 0.29) is 89.8 Å². The highest BCUT2D eigenvalue weighted by Crippen LogP contribution is 2.17. The number of nitrogens with one attached hydrogen (secondary N) is 2. The van der Waals surface area contributed by atoms with Crippen LogP contribution < -0.4 is 15.4 Å². The van der Waals surface area contributed by atoms with Crippen LogP contribution in [0.3, 0.4) is 0 Å². The zero-order valence-corrected chi connectivity index (χ0v) is 33.7. The minimum absolute atomic E-state index is 0.0139. The maximum Gasteiger partial charge on any atom is 0.513 e. The lowest BCUT2D eigenvalue weighted by Gasteiger charge is -2.09. The van der Waals surface area contributed by atoms with Crippen LogP contribution in [0, 0.1) is 10.1 Å². The lowest BCUT2D eigenvalue weighted by Crippen LogP contribution is -2.29. The fourth-order valence-corrected chi connectivity index (χ4v) is 4.29. The predicted octanol–water partition coefficient (Wildman–Crippen LogP) is 4.34. The first-order valence-electron chi connectivity index (χ1n) is 19.0. The number of halogens is 1. The Bertz CT molecular complexity index is 1260. The number of hydrogen-bond donors (Lipinski definition) is 2. The highest BCUT2D eigenvalue weighted by Gasteiger charge is 2.09. The monoisotopic (exact) mass is 851 g/mol. The fourth-order valence-electron chi connectivity index (χ4n) is 4.10. The minimum Gasteiger partial charge on any atom is -0.461 e. The van der Waals surface area contributed by atoms with Crippen molar-refractivity contribution >= 4 is 41.6 Å². The van der Waals surface area contributed by atoms with Crippen LogP contribution >= 0.6 is 11.6 Å². The topological polar surface area (TPSA) is 237 Å². The van der Waals surface area contributed by atoms with Crippen molar-refractivity contribution in [2.45, 2.75) is 38.5 Å². The average molecular weight is 852 g/mol. The molecule has 0 unspecified atom stereocenters. The Morgan fingerprint density at radius 1 is 0.569 bits per heavy atom. The number of hydrogen-bond acceptors (Lipinski definition) is 17. The van der Waals surface area contributed by atoms with E-state index in [1.807, 2.05) is 0 Å². The summed E-state index contributed by atoms with van der Waals surface area (Å²) in [6, 6.07) is 4.96. The van der Waals surface area contributed by atoms with Crippen molar-refractivity contribution in [3.8, 4) is 5.75 Å².